The molecule has 0 aliphatic carbocycles. The number of carbonyl (C=O) groups is 2. The van der Waals surface area contributed by atoms with Crippen LogP contribution in [0, 0.1) is 5.92 Å². The molecule has 0 radical (unpaired) electrons. The minimum Gasteiger partial charge on any atom is -0.469 e. The van der Waals surface area contributed by atoms with Gasteiger partial charge in [-0.2, -0.15) is 0 Å². The second-order valence-corrected chi connectivity index (χ2v) is 5.89. The van der Waals surface area contributed by atoms with Crippen molar-refractivity contribution in [1.29, 1.82) is 0 Å². The van der Waals surface area contributed by atoms with Crippen molar-refractivity contribution < 1.29 is 14.3 Å². The van der Waals surface area contributed by atoms with E-state index < -0.39 is 0 Å². The summed E-state index contributed by atoms with van der Waals surface area (Å²) in [7, 11) is 1.39. The van der Waals surface area contributed by atoms with Crippen LogP contribution >= 0.6 is 15.9 Å². The number of amides is 1. The number of rotatable bonds is 4. The van der Waals surface area contributed by atoms with E-state index in [1.54, 1.807) is 4.90 Å². The van der Waals surface area contributed by atoms with Crippen molar-refractivity contribution in [3.05, 3.63) is 34.3 Å². The Morgan fingerprint density at radius 1 is 1.45 bits per heavy atom. The molecular weight excluding hydrogens is 322 g/mol. The third kappa shape index (κ3) is 3.82. The summed E-state index contributed by atoms with van der Waals surface area (Å²) in [4.78, 5) is 25.3. The molecular formula is C15H18BrNO3. The fourth-order valence-electron chi connectivity index (χ4n) is 2.45. The van der Waals surface area contributed by atoms with Crippen molar-refractivity contribution in [2.75, 3.05) is 20.2 Å². The number of methoxy groups -OCH3 is 1. The molecule has 1 aromatic rings. The van der Waals surface area contributed by atoms with Crippen molar-refractivity contribution in [3.8, 4) is 0 Å². The maximum absolute atomic E-state index is 12.1. The van der Waals surface area contributed by atoms with Gasteiger partial charge in [0.05, 0.1) is 13.0 Å². The van der Waals surface area contributed by atoms with Crippen molar-refractivity contribution >= 4 is 27.8 Å². The SMILES string of the molecule is COC(=O)C1CCN(C(=O)CCc2cccc(Br)c2)C1. The van der Waals surface area contributed by atoms with Crippen LogP contribution < -0.4 is 0 Å². The Morgan fingerprint density at radius 3 is 2.95 bits per heavy atom. The topological polar surface area (TPSA) is 46.6 Å². The lowest BCUT2D eigenvalue weighted by Gasteiger charge is -2.16. The Bertz CT molecular complexity index is 504. The molecule has 5 heteroatoms. The van der Waals surface area contributed by atoms with E-state index in [1.165, 1.54) is 7.11 Å². The molecule has 1 unspecified atom stereocenters. The molecule has 0 spiro atoms. The monoisotopic (exact) mass is 339 g/mol. The van der Waals surface area contributed by atoms with Gasteiger partial charge in [-0.15, -0.1) is 0 Å². The van der Waals surface area contributed by atoms with Gasteiger partial charge in [-0.1, -0.05) is 28.1 Å². The lowest BCUT2D eigenvalue weighted by atomic mass is 10.1. The molecule has 4 nitrogen and oxygen atoms in total. The Labute approximate surface area is 127 Å². The second-order valence-electron chi connectivity index (χ2n) is 4.98. The Kier molecular flexibility index (Phi) is 5.17. The molecule has 0 aromatic heterocycles. The van der Waals surface area contributed by atoms with Crippen LogP contribution in [0.25, 0.3) is 0 Å². The van der Waals surface area contributed by atoms with Gasteiger partial charge >= 0.3 is 5.97 Å². The Hall–Kier alpha value is -1.36. The zero-order valence-electron chi connectivity index (χ0n) is 11.5. The number of nitrogens with zero attached hydrogens (tertiary/aromatic N) is 1. The largest absolute Gasteiger partial charge is 0.469 e. The molecule has 0 N–H and O–H groups in total. The molecule has 1 saturated heterocycles. The van der Waals surface area contributed by atoms with Crippen molar-refractivity contribution in [2.45, 2.75) is 19.3 Å². The number of hydrogen-bond acceptors (Lipinski definition) is 3. The van der Waals surface area contributed by atoms with E-state index in [0.717, 1.165) is 16.5 Å². The predicted octanol–water partition coefficient (Wildman–Crippen LogP) is 2.40. The highest BCUT2D eigenvalue weighted by atomic mass is 79.9. The van der Waals surface area contributed by atoms with Gasteiger partial charge in [-0.25, -0.2) is 0 Å². The van der Waals surface area contributed by atoms with E-state index in [9.17, 15) is 9.59 Å². The first-order valence-corrected chi connectivity index (χ1v) is 7.49. The number of aryl methyl sites for hydroxylation is 1. The second kappa shape index (κ2) is 6.88. The molecule has 1 fully saturated rings. The number of halogens is 1. The summed E-state index contributed by atoms with van der Waals surface area (Å²) in [5, 5.41) is 0. The molecule has 1 aliphatic heterocycles. The van der Waals surface area contributed by atoms with Gasteiger partial charge in [-0.3, -0.25) is 9.59 Å². The number of benzene rings is 1. The summed E-state index contributed by atoms with van der Waals surface area (Å²) in [5.41, 5.74) is 1.14. The van der Waals surface area contributed by atoms with Gasteiger partial charge in [0.15, 0.2) is 0 Å². The number of hydrogen-bond donors (Lipinski definition) is 0. The number of ether oxygens (including phenoxy) is 1. The average molecular weight is 340 g/mol. The molecule has 1 atom stereocenters. The zero-order chi connectivity index (χ0) is 14.5. The predicted molar refractivity (Wildman–Crippen MR) is 79.2 cm³/mol. The normalized spacial score (nSPS) is 18.1. The molecule has 1 amide bonds. The average Bonchev–Trinajstić information content (AvgIpc) is 2.94. The number of carbonyl (C=O) groups excluding carboxylic acids is 2. The van der Waals surface area contributed by atoms with Crippen LogP contribution in [0.5, 0.6) is 0 Å². The van der Waals surface area contributed by atoms with Crippen LogP contribution in [0.4, 0.5) is 0 Å². The molecule has 20 heavy (non-hydrogen) atoms. The first kappa shape index (κ1) is 15.0. The van der Waals surface area contributed by atoms with Crippen molar-refractivity contribution in [1.82, 2.24) is 4.90 Å². The minimum atomic E-state index is -0.215. The van der Waals surface area contributed by atoms with E-state index in [2.05, 4.69) is 15.9 Å². The molecule has 1 aromatic carbocycles. The van der Waals surface area contributed by atoms with E-state index in [4.69, 9.17) is 4.74 Å². The molecule has 0 saturated carbocycles. The van der Waals surface area contributed by atoms with Gasteiger partial charge in [0.2, 0.25) is 5.91 Å². The molecule has 1 aliphatic rings. The zero-order valence-corrected chi connectivity index (χ0v) is 13.1. The third-order valence-electron chi connectivity index (χ3n) is 3.59. The van der Waals surface area contributed by atoms with Gasteiger partial charge in [0, 0.05) is 24.0 Å². The van der Waals surface area contributed by atoms with Crippen LogP contribution in [0.15, 0.2) is 28.7 Å². The van der Waals surface area contributed by atoms with E-state index in [-0.39, 0.29) is 17.8 Å². The number of likely N-dealkylation sites (tertiary alicyclic amines) is 1. The van der Waals surface area contributed by atoms with E-state index in [0.29, 0.717) is 25.9 Å². The fraction of sp³-hybridized carbons (Fsp3) is 0.467. The fourth-order valence-corrected chi connectivity index (χ4v) is 2.89. The van der Waals surface area contributed by atoms with Gasteiger partial charge in [-0.05, 0) is 30.5 Å². The van der Waals surface area contributed by atoms with Crippen molar-refractivity contribution in [2.24, 2.45) is 5.92 Å². The number of esters is 1. The first-order valence-electron chi connectivity index (χ1n) is 6.70. The minimum absolute atomic E-state index is 0.108. The van der Waals surface area contributed by atoms with Crippen molar-refractivity contribution in [3.63, 3.8) is 0 Å². The molecule has 2 rings (SSSR count). The van der Waals surface area contributed by atoms with Crippen LogP contribution in [0.3, 0.4) is 0 Å². The first-order chi connectivity index (χ1) is 9.60. The molecule has 0 bridgehead atoms. The van der Waals surface area contributed by atoms with Crippen LogP contribution in [-0.2, 0) is 20.7 Å². The van der Waals surface area contributed by atoms with Gasteiger partial charge in [0.25, 0.3) is 0 Å². The summed E-state index contributed by atoms with van der Waals surface area (Å²) in [6, 6.07) is 7.97. The van der Waals surface area contributed by atoms with Crippen LogP contribution in [0.2, 0.25) is 0 Å². The van der Waals surface area contributed by atoms with Crippen LogP contribution in [0.1, 0.15) is 18.4 Å². The Balaban J connectivity index is 1.83. The lowest BCUT2D eigenvalue weighted by Crippen LogP contribution is -2.30. The smallest absolute Gasteiger partial charge is 0.310 e. The van der Waals surface area contributed by atoms with Gasteiger partial charge in [0.1, 0.15) is 0 Å². The Morgan fingerprint density at radius 2 is 2.25 bits per heavy atom. The summed E-state index contributed by atoms with van der Waals surface area (Å²) < 4.78 is 5.75. The van der Waals surface area contributed by atoms with E-state index >= 15 is 0 Å². The highest BCUT2D eigenvalue weighted by molar-refractivity contribution is 9.10. The quantitative estimate of drug-likeness (QED) is 0.791. The highest BCUT2D eigenvalue weighted by Gasteiger charge is 2.31. The summed E-state index contributed by atoms with van der Waals surface area (Å²) in [6.45, 7) is 1.14. The van der Waals surface area contributed by atoms with E-state index in [1.807, 2.05) is 24.3 Å². The molecule has 108 valence electrons. The lowest BCUT2D eigenvalue weighted by molar-refractivity contribution is -0.145. The van der Waals surface area contributed by atoms with Crippen LogP contribution in [-0.4, -0.2) is 37.0 Å². The maximum Gasteiger partial charge on any atom is 0.310 e. The summed E-state index contributed by atoms with van der Waals surface area (Å²) in [6.07, 6.45) is 1.90. The maximum atomic E-state index is 12.1. The molecule has 1 heterocycles. The van der Waals surface area contributed by atoms with Gasteiger partial charge < -0.3 is 9.64 Å². The summed E-state index contributed by atoms with van der Waals surface area (Å²) in [5.74, 6) is -0.265. The third-order valence-corrected chi connectivity index (χ3v) is 4.09. The standard InChI is InChI=1S/C15H18BrNO3/c1-20-15(19)12-7-8-17(10-12)14(18)6-5-11-3-2-4-13(16)9-11/h2-4,9,12H,5-8,10H2,1H3. The highest BCUT2D eigenvalue weighted by Crippen LogP contribution is 2.19. The summed E-state index contributed by atoms with van der Waals surface area (Å²) >= 11 is 3.42.